The summed E-state index contributed by atoms with van der Waals surface area (Å²) in [7, 11) is -6.70. The number of amides is 1. The van der Waals surface area contributed by atoms with Crippen LogP contribution in [-0.4, -0.2) is 46.4 Å². The molecular weight excluding hydrogens is 412 g/mol. The highest BCUT2D eigenvalue weighted by molar-refractivity contribution is 7.90. The summed E-state index contributed by atoms with van der Waals surface area (Å²) in [6.45, 7) is 1.13. The molecule has 0 aromatic heterocycles. The van der Waals surface area contributed by atoms with Gasteiger partial charge in [0.1, 0.15) is 0 Å². The van der Waals surface area contributed by atoms with E-state index in [1.54, 1.807) is 36.4 Å². The minimum atomic E-state index is -3.43. The third-order valence-electron chi connectivity index (χ3n) is 4.83. The van der Waals surface area contributed by atoms with E-state index in [-0.39, 0.29) is 22.1 Å². The number of nitrogens with zero attached hydrogens (tertiary/aromatic N) is 1. The standard InChI is InChI=1S/C20H24N2O5S2/c1-28(24,25)18-11-7-17(8-12-18)21-20(23)13-6-16-4-9-19(10-5-16)29(26,27)22-14-2-3-15-22/h4-5,7-12H,2-3,6,13-15H2,1H3,(H,21,23). The molecule has 0 unspecified atom stereocenters. The van der Waals surface area contributed by atoms with Crippen molar-refractivity contribution in [1.29, 1.82) is 0 Å². The number of carbonyl (C=O) groups is 1. The molecule has 1 fully saturated rings. The van der Waals surface area contributed by atoms with E-state index < -0.39 is 19.9 Å². The van der Waals surface area contributed by atoms with Gasteiger partial charge in [-0.1, -0.05) is 12.1 Å². The summed E-state index contributed by atoms with van der Waals surface area (Å²) in [6.07, 6.45) is 3.61. The molecular formula is C20H24N2O5S2. The molecule has 1 heterocycles. The monoisotopic (exact) mass is 436 g/mol. The maximum atomic E-state index is 12.5. The summed E-state index contributed by atoms with van der Waals surface area (Å²) >= 11 is 0. The molecule has 1 N–H and O–H groups in total. The third-order valence-corrected chi connectivity index (χ3v) is 7.87. The smallest absolute Gasteiger partial charge is 0.243 e. The van der Waals surface area contributed by atoms with Crippen molar-refractivity contribution < 1.29 is 21.6 Å². The van der Waals surface area contributed by atoms with Crippen LogP contribution in [0.2, 0.25) is 0 Å². The summed E-state index contributed by atoms with van der Waals surface area (Å²) in [5.41, 5.74) is 1.39. The number of nitrogens with one attached hydrogen (secondary N) is 1. The van der Waals surface area contributed by atoms with Gasteiger partial charge in [0, 0.05) is 31.5 Å². The fourth-order valence-electron chi connectivity index (χ4n) is 3.17. The Morgan fingerprint density at radius 1 is 0.897 bits per heavy atom. The first kappa shape index (κ1) is 21.5. The van der Waals surface area contributed by atoms with Crippen molar-refractivity contribution in [2.45, 2.75) is 35.5 Å². The van der Waals surface area contributed by atoms with E-state index in [1.807, 2.05) is 0 Å². The zero-order chi connectivity index (χ0) is 21.1. The Morgan fingerprint density at radius 3 is 2.00 bits per heavy atom. The van der Waals surface area contributed by atoms with Crippen LogP contribution in [0.25, 0.3) is 0 Å². The molecule has 3 rings (SSSR count). The van der Waals surface area contributed by atoms with E-state index in [4.69, 9.17) is 0 Å². The van der Waals surface area contributed by atoms with Gasteiger partial charge in [-0.25, -0.2) is 16.8 Å². The molecule has 0 bridgehead atoms. The fraction of sp³-hybridized carbons (Fsp3) is 0.350. The second kappa shape index (κ2) is 8.64. The molecule has 1 saturated heterocycles. The number of rotatable bonds is 7. The number of anilines is 1. The van der Waals surface area contributed by atoms with Crippen LogP contribution in [0, 0.1) is 0 Å². The quantitative estimate of drug-likeness (QED) is 0.719. The molecule has 9 heteroatoms. The Bertz CT molecular complexity index is 1070. The van der Waals surface area contributed by atoms with E-state index in [9.17, 15) is 21.6 Å². The summed E-state index contributed by atoms with van der Waals surface area (Å²) < 4.78 is 49.5. The molecule has 29 heavy (non-hydrogen) atoms. The van der Waals surface area contributed by atoms with Crippen LogP contribution in [0.15, 0.2) is 58.3 Å². The Balaban J connectivity index is 1.55. The van der Waals surface area contributed by atoms with Crippen LogP contribution >= 0.6 is 0 Å². The first-order valence-electron chi connectivity index (χ1n) is 9.35. The highest BCUT2D eigenvalue weighted by Crippen LogP contribution is 2.21. The molecule has 0 aliphatic carbocycles. The van der Waals surface area contributed by atoms with Gasteiger partial charge in [-0.2, -0.15) is 4.31 Å². The lowest BCUT2D eigenvalue weighted by Crippen LogP contribution is -2.27. The Morgan fingerprint density at radius 2 is 1.45 bits per heavy atom. The average molecular weight is 437 g/mol. The van der Waals surface area contributed by atoms with Crippen molar-refractivity contribution in [3.63, 3.8) is 0 Å². The van der Waals surface area contributed by atoms with Crippen molar-refractivity contribution >= 4 is 31.5 Å². The number of sulfonamides is 1. The first-order chi connectivity index (χ1) is 13.7. The SMILES string of the molecule is CS(=O)(=O)c1ccc(NC(=O)CCc2ccc(S(=O)(=O)N3CCCC3)cc2)cc1. The van der Waals surface area contributed by atoms with Crippen molar-refractivity contribution in [3.8, 4) is 0 Å². The molecule has 1 amide bonds. The molecule has 0 spiro atoms. The molecule has 7 nitrogen and oxygen atoms in total. The van der Waals surface area contributed by atoms with Crippen molar-refractivity contribution in [3.05, 3.63) is 54.1 Å². The summed E-state index contributed by atoms with van der Waals surface area (Å²) in [4.78, 5) is 12.6. The predicted molar refractivity (Wildman–Crippen MR) is 111 cm³/mol. The van der Waals surface area contributed by atoms with Crippen molar-refractivity contribution in [1.82, 2.24) is 4.31 Å². The topological polar surface area (TPSA) is 101 Å². The van der Waals surface area contributed by atoms with Crippen LogP contribution in [0.5, 0.6) is 0 Å². The maximum absolute atomic E-state index is 12.5. The Hall–Kier alpha value is -2.23. The minimum absolute atomic E-state index is 0.194. The van der Waals surface area contributed by atoms with Crippen LogP contribution in [-0.2, 0) is 31.1 Å². The number of carbonyl (C=O) groups excluding carboxylic acids is 1. The normalized spacial score (nSPS) is 15.3. The number of sulfone groups is 1. The summed E-state index contributed by atoms with van der Waals surface area (Å²) in [6, 6.07) is 12.6. The molecule has 0 atom stereocenters. The van der Waals surface area contributed by atoms with Gasteiger partial charge in [-0.15, -0.1) is 0 Å². The predicted octanol–water partition coefficient (Wildman–Crippen LogP) is 2.45. The number of hydrogen-bond acceptors (Lipinski definition) is 5. The van der Waals surface area contributed by atoms with E-state index in [0.717, 1.165) is 24.7 Å². The van der Waals surface area contributed by atoms with Gasteiger partial charge >= 0.3 is 0 Å². The van der Waals surface area contributed by atoms with E-state index >= 15 is 0 Å². The van der Waals surface area contributed by atoms with Gasteiger partial charge < -0.3 is 5.32 Å². The summed E-state index contributed by atoms with van der Waals surface area (Å²) in [5, 5.41) is 2.73. The molecule has 156 valence electrons. The third kappa shape index (κ3) is 5.43. The van der Waals surface area contributed by atoms with Gasteiger partial charge in [-0.3, -0.25) is 4.79 Å². The number of hydrogen-bond donors (Lipinski definition) is 1. The van der Waals surface area contributed by atoms with Gasteiger partial charge in [-0.05, 0) is 61.2 Å². The van der Waals surface area contributed by atoms with Gasteiger partial charge in [0.2, 0.25) is 15.9 Å². The molecule has 0 saturated carbocycles. The Kier molecular flexibility index (Phi) is 6.40. The highest BCUT2D eigenvalue weighted by Gasteiger charge is 2.26. The van der Waals surface area contributed by atoms with Crippen LogP contribution in [0.4, 0.5) is 5.69 Å². The second-order valence-electron chi connectivity index (χ2n) is 7.10. The Labute approximate surface area is 171 Å². The van der Waals surface area contributed by atoms with Crippen LogP contribution < -0.4 is 5.32 Å². The average Bonchev–Trinajstić information content (AvgIpc) is 3.22. The molecule has 2 aromatic carbocycles. The van der Waals surface area contributed by atoms with Crippen LogP contribution in [0.1, 0.15) is 24.8 Å². The molecule has 1 aliphatic heterocycles. The van der Waals surface area contributed by atoms with Gasteiger partial charge in [0.15, 0.2) is 9.84 Å². The van der Waals surface area contributed by atoms with E-state index in [1.165, 1.54) is 16.4 Å². The maximum Gasteiger partial charge on any atom is 0.243 e. The molecule has 2 aromatic rings. The van der Waals surface area contributed by atoms with E-state index in [2.05, 4.69) is 5.32 Å². The van der Waals surface area contributed by atoms with Crippen molar-refractivity contribution in [2.75, 3.05) is 24.7 Å². The molecule has 0 radical (unpaired) electrons. The highest BCUT2D eigenvalue weighted by atomic mass is 32.2. The second-order valence-corrected chi connectivity index (χ2v) is 11.1. The summed E-state index contributed by atoms with van der Waals surface area (Å²) in [5.74, 6) is -0.203. The zero-order valence-corrected chi connectivity index (χ0v) is 17.8. The molecule has 1 aliphatic rings. The lowest BCUT2D eigenvalue weighted by molar-refractivity contribution is -0.116. The lowest BCUT2D eigenvalue weighted by Gasteiger charge is -2.15. The first-order valence-corrected chi connectivity index (χ1v) is 12.7. The zero-order valence-electron chi connectivity index (χ0n) is 16.2. The lowest BCUT2D eigenvalue weighted by atomic mass is 10.1. The minimum Gasteiger partial charge on any atom is -0.326 e. The number of benzene rings is 2. The number of aryl methyl sites for hydroxylation is 1. The van der Waals surface area contributed by atoms with E-state index in [0.29, 0.717) is 25.2 Å². The van der Waals surface area contributed by atoms with Crippen molar-refractivity contribution in [2.24, 2.45) is 0 Å². The van der Waals surface area contributed by atoms with Gasteiger partial charge in [0.25, 0.3) is 0 Å². The largest absolute Gasteiger partial charge is 0.326 e. The van der Waals surface area contributed by atoms with Gasteiger partial charge in [0.05, 0.1) is 9.79 Å². The van der Waals surface area contributed by atoms with Crippen LogP contribution in [0.3, 0.4) is 0 Å². The fourth-order valence-corrected chi connectivity index (χ4v) is 5.32.